The van der Waals surface area contributed by atoms with Crippen molar-refractivity contribution in [3.05, 3.63) is 112 Å². The van der Waals surface area contributed by atoms with Crippen molar-refractivity contribution in [1.29, 1.82) is 0 Å². The fourth-order valence-corrected chi connectivity index (χ4v) is 8.35. The van der Waals surface area contributed by atoms with Crippen LogP contribution in [0.5, 0.6) is 11.5 Å². The minimum absolute atomic E-state index is 0.0203. The number of hydrogen-bond donors (Lipinski definition) is 9. The second-order valence-electron chi connectivity index (χ2n) is 14.2. The van der Waals surface area contributed by atoms with Crippen LogP contribution in [0, 0.1) is 5.92 Å². The lowest BCUT2D eigenvalue weighted by molar-refractivity contribution is -0.140. The van der Waals surface area contributed by atoms with Gasteiger partial charge in [-0.3, -0.25) is 33.3 Å². The zero-order chi connectivity index (χ0) is 45.1. The fourth-order valence-electron chi connectivity index (χ4n) is 6.49. The number of aliphatic carboxylic acids is 2. The number of ether oxygens (including phenoxy) is 1. The molecule has 1 aliphatic carbocycles. The zero-order valence-corrected chi connectivity index (χ0v) is 34.6. The lowest BCUT2D eigenvalue weighted by Gasteiger charge is -2.35. The van der Waals surface area contributed by atoms with Crippen LogP contribution in [0.1, 0.15) is 69.5 Å². The summed E-state index contributed by atoms with van der Waals surface area (Å²) in [5.74, 6) is -5.82. The Bertz CT molecular complexity index is 2350. The van der Waals surface area contributed by atoms with Gasteiger partial charge in [-0.2, -0.15) is 11.8 Å². The molecule has 0 spiro atoms. The third kappa shape index (κ3) is 13.1. The standard InChI is InChI=1S/C41H43N4O15PS/c1-22(20-59-61(57,58)45-32(41(55)56)12-13-37(50)51)43-39(52)24-4-2-23(3-5-24)19-42-35(48)14-15-62-21-36(49)44-25-6-9-28(31(16-25)40(53)54)38-29-10-7-26(46)17-33(29)60-34-18-27(47)8-11-30(34)38/h2-11,16-18,22,29,32,38,47H,12-15,19-21H2,1H3,(H,42,48)(H,43,52)(H,44,49)(H,50,51)(H,53,54)(H,55,56)(H2,45,57,58)/t22-,29?,32+,38?/m1/s1. The average molecular weight is 895 g/mol. The van der Waals surface area contributed by atoms with Gasteiger partial charge in [0, 0.05) is 65.9 Å². The monoisotopic (exact) mass is 894 g/mol. The number of aromatic carboxylic acids is 1. The number of amides is 3. The molecule has 1 aliphatic heterocycles. The summed E-state index contributed by atoms with van der Waals surface area (Å²) >= 11 is 1.20. The van der Waals surface area contributed by atoms with E-state index in [9.17, 15) is 58.3 Å². The Kier molecular flexibility index (Phi) is 15.8. The van der Waals surface area contributed by atoms with Crippen LogP contribution >= 0.6 is 19.5 Å². The van der Waals surface area contributed by atoms with Crippen molar-refractivity contribution in [1.82, 2.24) is 15.7 Å². The molecule has 3 unspecified atom stereocenters. The molecule has 3 aromatic carbocycles. The molecular weight excluding hydrogens is 852 g/mol. The van der Waals surface area contributed by atoms with Crippen LogP contribution < -0.4 is 25.8 Å². The first-order chi connectivity index (χ1) is 29.4. The highest BCUT2D eigenvalue weighted by Gasteiger charge is 2.38. The SMILES string of the molecule is C[C@H](COP(=O)(O)N[C@@H](CCC(=O)O)C(=O)O)NC(=O)c1ccc(CNC(=O)CCSCC(=O)Nc2ccc(C3c4ccc(O)cc4OC4=CC(=O)C=CC43)c(C(=O)O)c2)cc1. The van der Waals surface area contributed by atoms with E-state index in [4.69, 9.17) is 14.4 Å². The van der Waals surface area contributed by atoms with Gasteiger partial charge in [0.15, 0.2) is 5.78 Å². The number of rotatable bonds is 21. The summed E-state index contributed by atoms with van der Waals surface area (Å²) in [6.07, 6.45) is 3.45. The molecule has 3 amide bonds. The lowest BCUT2D eigenvalue weighted by atomic mass is 9.74. The number of allylic oxidation sites excluding steroid dienone is 3. The average Bonchev–Trinajstić information content (AvgIpc) is 3.21. The smallest absolute Gasteiger partial charge is 0.403 e. The highest BCUT2D eigenvalue weighted by atomic mass is 32.2. The number of carbonyl (C=O) groups is 7. The number of ketones is 1. The van der Waals surface area contributed by atoms with Gasteiger partial charge in [0.05, 0.1) is 24.0 Å². The first-order valence-corrected chi connectivity index (χ1v) is 21.7. The Morgan fingerprint density at radius 2 is 1.66 bits per heavy atom. The first-order valence-electron chi connectivity index (χ1n) is 18.9. The van der Waals surface area contributed by atoms with Crippen molar-refractivity contribution in [2.45, 2.75) is 50.7 Å². The highest BCUT2D eigenvalue weighted by molar-refractivity contribution is 7.99. The summed E-state index contributed by atoms with van der Waals surface area (Å²) in [5.41, 5.74) is 2.11. The molecular formula is C41H43N4O15PS. The molecule has 0 bridgehead atoms. The van der Waals surface area contributed by atoms with Crippen molar-refractivity contribution < 1.29 is 72.7 Å². The number of phenols is 1. The summed E-state index contributed by atoms with van der Waals surface area (Å²) in [4.78, 5) is 94.6. The van der Waals surface area contributed by atoms with E-state index in [1.807, 2.05) is 5.09 Å². The van der Waals surface area contributed by atoms with Crippen LogP contribution in [-0.2, 0) is 39.6 Å². The third-order valence-corrected chi connectivity index (χ3v) is 11.6. The van der Waals surface area contributed by atoms with E-state index in [-0.39, 0.29) is 53.0 Å². The van der Waals surface area contributed by atoms with Crippen LogP contribution in [-0.4, -0.2) is 96.9 Å². The predicted molar refractivity (Wildman–Crippen MR) is 223 cm³/mol. The largest absolute Gasteiger partial charge is 0.508 e. The maximum atomic E-state index is 12.8. The maximum Gasteiger partial charge on any atom is 0.403 e. The molecule has 328 valence electrons. The molecule has 0 saturated carbocycles. The number of anilines is 1. The van der Waals surface area contributed by atoms with E-state index in [1.54, 1.807) is 36.4 Å². The van der Waals surface area contributed by atoms with Crippen molar-refractivity contribution >= 4 is 66.6 Å². The third-order valence-electron chi connectivity index (χ3n) is 9.46. The van der Waals surface area contributed by atoms with Crippen LogP contribution in [0.4, 0.5) is 5.69 Å². The minimum atomic E-state index is -4.67. The van der Waals surface area contributed by atoms with E-state index in [0.29, 0.717) is 34.0 Å². The number of phenolic OH excluding ortho intramolecular Hbond substituents is 1. The minimum Gasteiger partial charge on any atom is -0.508 e. The number of hydrogen-bond acceptors (Lipinski definition) is 12. The predicted octanol–water partition coefficient (Wildman–Crippen LogP) is 3.77. The number of aromatic hydroxyl groups is 1. The Morgan fingerprint density at radius 1 is 0.935 bits per heavy atom. The van der Waals surface area contributed by atoms with Crippen molar-refractivity contribution in [2.24, 2.45) is 5.92 Å². The number of carboxylic acid groups (broad SMARTS) is 3. The van der Waals surface area contributed by atoms with Gasteiger partial charge in [0.1, 0.15) is 23.3 Å². The highest BCUT2D eigenvalue weighted by Crippen LogP contribution is 2.49. The van der Waals surface area contributed by atoms with Gasteiger partial charge < -0.3 is 46.0 Å². The van der Waals surface area contributed by atoms with Crippen molar-refractivity contribution in [3.63, 3.8) is 0 Å². The second kappa shape index (κ2) is 21.0. The molecule has 21 heteroatoms. The van der Waals surface area contributed by atoms with Gasteiger partial charge in [0.2, 0.25) is 11.8 Å². The number of carbonyl (C=O) groups excluding carboxylic acids is 4. The molecule has 9 N–H and O–H groups in total. The van der Waals surface area contributed by atoms with Gasteiger partial charge in [0.25, 0.3) is 5.91 Å². The Balaban J connectivity index is 1.04. The Morgan fingerprint density at radius 3 is 2.35 bits per heavy atom. The van der Waals surface area contributed by atoms with Crippen LogP contribution in [0.3, 0.4) is 0 Å². The lowest BCUT2D eigenvalue weighted by Crippen LogP contribution is -2.38. The molecule has 3 aromatic rings. The van der Waals surface area contributed by atoms with Crippen molar-refractivity contribution in [2.75, 3.05) is 23.4 Å². The molecule has 5 atom stereocenters. The van der Waals surface area contributed by atoms with E-state index in [1.165, 1.54) is 61.2 Å². The number of nitrogens with one attached hydrogen (secondary N) is 4. The molecule has 62 heavy (non-hydrogen) atoms. The number of fused-ring (bicyclic) bond motifs is 2. The molecule has 19 nitrogen and oxygen atoms in total. The number of carboxylic acids is 3. The molecule has 0 fully saturated rings. The van der Waals surface area contributed by atoms with Gasteiger partial charge in [-0.25, -0.2) is 14.4 Å². The first kappa shape index (κ1) is 46.8. The summed E-state index contributed by atoms with van der Waals surface area (Å²) < 4.78 is 23.1. The quantitative estimate of drug-likeness (QED) is 0.0543. The van der Waals surface area contributed by atoms with E-state index < -0.39 is 80.8 Å². The van der Waals surface area contributed by atoms with E-state index >= 15 is 0 Å². The van der Waals surface area contributed by atoms with E-state index in [2.05, 4.69) is 16.0 Å². The van der Waals surface area contributed by atoms with Gasteiger partial charge >= 0.3 is 25.7 Å². The molecule has 5 rings (SSSR count). The van der Waals surface area contributed by atoms with Crippen LogP contribution in [0.25, 0.3) is 0 Å². The van der Waals surface area contributed by atoms with Crippen LogP contribution in [0.15, 0.2) is 84.7 Å². The summed E-state index contributed by atoms with van der Waals surface area (Å²) in [7, 11) is -4.67. The van der Waals surface area contributed by atoms with Gasteiger partial charge in [-0.1, -0.05) is 30.3 Å². The molecule has 0 radical (unpaired) electrons. The fraction of sp³-hybridized carbons (Fsp3) is 0.293. The van der Waals surface area contributed by atoms with Crippen LogP contribution in [0.2, 0.25) is 0 Å². The van der Waals surface area contributed by atoms with Crippen molar-refractivity contribution in [3.8, 4) is 11.5 Å². The zero-order valence-electron chi connectivity index (χ0n) is 32.9. The Hall–Kier alpha value is -6.31. The molecule has 0 saturated heterocycles. The summed E-state index contributed by atoms with van der Waals surface area (Å²) in [5, 5.41) is 48.1. The van der Waals surface area contributed by atoms with Gasteiger partial charge in [-0.05, 0) is 60.9 Å². The molecule has 1 heterocycles. The molecule has 2 aliphatic rings. The second-order valence-corrected chi connectivity index (χ2v) is 16.9. The summed E-state index contributed by atoms with van der Waals surface area (Å²) in [6.45, 7) is 1.16. The van der Waals surface area contributed by atoms with E-state index in [0.717, 1.165) is 0 Å². The number of thioether (sulfide) groups is 1. The van der Waals surface area contributed by atoms with Gasteiger partial charge in [-0.15, -0.1) is 0 Å². The topological polar surface area (TPSA) is 304 Å². The number of benzene rings is 3. The normalized spacial score (nSPS) is 17.1. The Labute approximate surface area is 358 Å². The maximum absolute atomic E-state index is 12.8. The molecule has 0 aromatic heterocycles. The summed E-state index contributed by atoms with van der Waals surface area (Å²) in [6, 6.07) is 12.8.